The second-order valence-electron chi connectivity index (χ2n) is 8.75. The summed E-state index contributed by atoms with van der Waals surface area (Å²) in [6.45, 7) is 2.57. The number of nitrogens with two attached hydrogens (primary N) is 1. The Balaban J connectivity index is 1.38. The van der Waals surface area contributed by atoms with E-state index >= 15 is 0 Å². The second-order valence-corrected chi connectivity index (χ2v) is 8.75. The molecule has 1 heterocycles. The van der Waals surface area contributed by atoms with Crippen molar-refractivity contribution in [2.45, 2.75) is 13.0 Å². The number of carbonyl (C=O) groups excluding carboxylic acids is 1. The number of aliphatic hydroxyl groups excluding tert-OH is 2. The molecular weight excluding hydrogens is 482 g/mol. The van der Waals surface area contributed by atoms with Crippen LogP contribution in [0.25, 0.3) is 0 Å². The van der Waals surface area contributed by atoms with Gasteiger partial charge in [0.2, 0.25) is 5.78 Å². The van der Waals surface area contributed by atoms with Gasteiger partial charge < -0.3 is 36.0 Å². The molecule has 6 N–H and O–H groups in total. The first-order valence-electron chi connectivity index (χ1n) is 12.5. The fourth-order valence-electron chi connectivity index (χ4n) is 4.01. The van der Waals surface area contributed by atoms with Gasteiger partial charge in [-0.15, -0.1) is 0 Å². The first kappa shape index (κ1) is 26.6. The quantitative estimate of drug-likeness (QED) is 0.173. The third-order valence-electron chi connectivity index (χ3n) is 5.98. The lowest BCUT2D eigenvalue weighted by molar-refractivity contribution is -0.111. The van der Waals surface area contributed by atoms with Crippen LogP contribution in [-0.2, 0) is 11.3 Å². The van der Waals surface area contributed by atoms with Gasteiger partial charge >= 0.3 is 0 Å². The summed E-state index contributed by atoms with van der Waals surface area (Å²) in [4.78, 5) is 23.1. The number of aromatic nitrogens is 2. The Morgan fingerprint density at radius 1 is 0.974 bits per heavy atom. The van der Waals surface area contributed by atoms with Crippen molar-refractivity contribution in [3.05, 3.63) is 90.8 Å². The van der Waals surface area contributed by atoms with Crippen LogP contribution < -0.4 is 21.3 Å². The van der Waals surface area contributed by atoms with Crippen LogP contribution in [0.3, 0.4) is 0 Å². The van der Waals surface area contributed by atoms with Crippen molar-refractivity contribution >= 4 is 34.2 Å². The lowest BCUT2D eigenvalue weighted by Crippen LogP contribution is -2.29. The maximum Gasteiger partial charge on any atom is 0.204 e. The predicted octanol–water partition coefficient (Wildman–Crippen LogP) is 2.67. The van der Waals surface area contributed by atoms with E-state index in [0.29, 0.717) is 35.9 Å². The van der Waals surface area contributed by atoms with Crippen molar-refractivity contribution in [1.82, 2.24) is 9.55 Å². The average molecular weight is 516 g/mol. The Labute approximate surface area is 221 Å². The van der Waals surface area contributed by atoms with Gasteiger partial charge in [0.25, 0.3) is 0 Å². The minimum absolute atomic E-state index is 0.00775. The molecule has 0 atom stereocenters. The molecule has 0 saturated heterocycles. The van der Waals surface area contributed by atoms with Crippen LogP contribution in [0.4, 0.5) is 22.7 Å². The van der Waals surface area contributed by atoms with E-state index in [1.807, 2.05) is 70.5 Å². The summed E-state index contributed by atoms with van der Waals surface area (Å²) in [7, 11) is 0. The third kappa shape index (κ3) is 7.31. The van der Waals surface area contributed by atoms with Gasteiger partial charge in [-0.2, -0.15) is 0 Å². The first-order valence-corrected chi connectivity index (χ1v) is 12.5. The fourth-order valence-corrected chi connectivity index (χ4v) is 4.01. The Morgan fingerprint density at radius 2 is 1.68 bits per heavy atom. The van der Waals surface area contributed by atoms with Gasteiger partial charge in [0.05, 0.1) is 42.3 Å². The van der Waals surface area contributed by atoms with E-state index in [4.69, 9.17) is 5.73 Å². The maximum atomic E-state index is 12.6. The van der Waals surface area contributed by atoms with E-state index in [1.165, 1.54) is 6.08 Å². The Morgan fingerprint density at radius 3 is 2.34 bits per heavy atom. The molecule has 38 heavy (non-hydrogen) atoms. The molecule has 10 heteroatoms. The molecule has 2 aromatic carbocycles. The third-order valence-corrected chi connectivity index (χ3v) is 5.98. The van der Waals surface area contributed by atoms with Gasteiger partial charge in [0, 0.05) is 61.7 Å². The van der Waals surface area contributed by atoms with Gasteiger partial charge in [0.1, 0.15) is 0 Å². The molecule has 1 aliphatic carbocycles. The second kappa shape index (κ2) is 13.2. The number of nitrogens with zero attached hydrogens (tertiary/aromatic N) is 4. The highest BCUT2D eigenvalue weighted by Crippen LogP contribution is 2.23. The number of rotatable bonds is 13. The molecular formula is C28H33N7O3. The molecule has 0 fully saturated rings. The molecule has 0 aliphatic heterocycles. The zero-order chi connectivity index (χ0) is 26.7. The SMILES string of the molecule is NC1=CC(=O)C(Nc2ccc(NCCCn3ccnc3)cc2)=C/C1=N\c1ccc(N(CCO)CCO)cc1. The summed E-state index contributed by atoms with van der Waals surface area (Å²) in [6, 6.07) is 15.1. The number of hydrogen-bond acceptors (Lipinski definition) is 9. The number of aliphatic hydroxyl groups is 2. The normalized spacial score (nSPS) is 14.3. The van der Waals surface area contributed by atoms with Gasteiger partial charge in [-0.25, -0.2) is 9.98 Å². The molecule has 0 bridgehead atoms. The van der Waals surface area contributed by atoms with Crippen LogP contribution in [-0.4, -0.2) is 64.1 Å². The van der Waals surface area contributed by atoms with E-state index < -0.39 is 0 Å². The molecule has 0 saturated carbocycles. The van der Waals surface area contributed by atoms with Crippen molar-refractivity contribution in [3.8, 4) is 0 Å². The molecule has 198 valence electrons. The predicted molar refractivity (Wildman–Crippen MR) is 151 cm³/mol. The summed E-state index contributed by atoms with van der Waals surface area (Å²) in [5.74, 6) is -0.220. The molecule has 4 rings (SSSR count). The lowest BCUT2D eigenvalue weighted by Gasteiger charge is -2.22. The fraction of sp³-hybridized carbons (Fsp3) is 0.250. The Bertz CT molecular complexity index is 1270. The Hall–Kier alpha value is -4.41. The summed E-state index contributed by atoms with van der Waals surface area (Å²) >= 11 is 0. The number of imidazole rings is 1. The van der Waals surface area contributed by atoms with Crippen LogP contribution in [0.1, 0.15) is 6.42 Å². The average Bonchev–Trinajstić information content (AvgIpc) is 3.44. The smallest absolute Gasteiger partial charge is 0.204 e. The first-order chi connectivity index (χ1) is 18.6. The van der Waals surface area contributed by atoms with Crippen LogP contribution in [0.15, 0.2) is 95.8 Å². The molecule has 1 aliphatic rings. The summed E-state index contributed by atoms with van der Waals surface area (Å²) in [6.07, 6.45) is 9.53. The van der Waals surface area contributed by atoms with E-state index in [1.54, 1.807) is 12.3 Å². The van der Waals surface area contributed by atoms with Crippen molar-refractivity contribution in [1.29, 1.82) is 0 Å². The highest BCUT2D eigenvalue weighted by atomic mass is 16.3. The monoisotopic (exact) mass is 515 g/mol. The van der Waals surface area contributed by atoms with Gasteiger partial charge in [-0.05, 0) is 61.0 Å². The summed E-state index contributed by atoms with van der Waals surface area (Å²) in [5.41, 5.74) is 10.6. The summed E-state index contributed by atoms with van der Waals surface area (Å²) in [5, 5.41) is 25.1. The largest absolute Gasteiger partial charge is 0.397 e. The highest BCUT2D eigenvalue weighted by Gasteiger charge is 2.17. The summed E-state index contributed by atoms with van der Waals surface area (Å²) < 4.78 is 2.04. The highest BCUT2D eigenvalue weighted by molar-refractivity contribution is 6.23. The molecule has 0 radical (unpaired) electrons. The van der Waals surface area contributed by atoms with E-state index in [-0.39, 0.29) is 19.0 Å². The van der Waals surface area contributed by atoms with Crippen molar-refractivity contribution in [2.24, 2.45) is 10.7 Å². The molecule has 0 spiro atoms. The van der Waals surface area contributed by atoms with Crippen molar-refractivity contribution in [2.75, 3.05) is 48.4 Å². The van der Waals surface area contributed by atoms with E-state index in [2.05, 4.69) is 20.6 Å². The number of aryl methyl sites for hydroxylation is 1. The lowest BCUT2D eigenvalue weighted by atomic mass is 10.1. The van der Waals surface area contributed by atoms with Gasteiger partial charge in [0.15, 0.2) is 0 Å². The standard InChI is InChI=1S/C28H33N7O3/c29-25-18-28(38)27(19-26(25)32-23-6-8-24(9-7-23)35(14-16-36)15-17-37)33-22-4-2-21(3-5-22)31-10-1-12-34-13-11-30-20-34/h2-9,11,13,18-20,31,33,36-37H,1,10,12,14-17,29H2/b32-26+. The number of allylic oxidation sites excluding steroid dienone is 2. The number of carbonyl (C=O) groups is 1. The van der Waals surface area contributed by atoms with Crippen LogP contribution in [0, 0.1) is 0 Å². The number of anilines is 3. The molecule has 0 amide bonds. The Kier molecular flexibility index (Phi) is 9.27. The molecule has 10 nitrogen and oxygen atoms in total. The van der Waals surface area contributed by atoms with Crippen LogP contribution in [0.5, 0.6) is 0 Å². The van der Waals surface area contributed by atoms with E-state index in [0.717, 1.165) is 36.6 Å². The van der Waals surface area contributed by atoms with Crippen LogP contribution in [0.2, 0.25) is 0 Å². The van der Waals surface area contributed by atoms with Crippen molar-refractivity contribution in [3.63, 3.8) is 0 Å². The minimum Gasteiger partial charge on any atom is -0.397 e. The number of benzene rings is 2. The van der Waals surface area contributed by atoms with Gasteiger partial charge in [-0.1, -0.05) is 0 Å². The zero-order valence-corrected chi connectivity index (χ0v) is 21.1. The zero-order valence-electron chi connectivity index (χ0n) is 21.1. The topological polar surface area (TPSA) is 141 Å². The number of ketones is 1. The number of hydrogen-bond donors (Lipinski definition) is 5. The van der Waals surface area contributed by atoms with Crippen LogP contribution >= 0.6 is 0 Å². The number of nitrogens with one attached hydrogen (secondary N) is 2. The number of aliphatic imine (C=N–C) groups is 1. The maximum absolute atomic E-state index is 12.6. The van der Waals surface area contributed by atoms with Crippen molar-refractivity contribution < 1.29 is 15.0 Å². The molecule has 0 unspecified atom stereocenters. The van der Waals surface area contributed by atoms with Gasteiger partial charge in [-0.3, -0.25) is 4.79 Å². The molecule has 3 aromatic rings. The van der Waals surface area contributed by atoms with E-state index in [9.17, 15) is 15.0 Å². The minimum atomic E-state index is -0.220. The molecule has 1 aromatic heterocycles.